The number of carboxylic acid groups (broad SMARTS) is 1. The van der Waals surface area contributed by atoms with Crippen LogP contribution in [0.4, 0.5) is 5.82 Å². The van der Waals surface area contributed by atoms with Crippen LogP contribution < -0.4 is 26.7 Å². The molecule has 2 aliphatic heterocycles. The third kappa shape index (κ3) is 7.42. The van der Waals surface area contributed by atoms with Crippen molar-refractivity contribution in [1.29, 1.82) is 0 Å². The monoisotopic (exact) mass is 628 g/mol. The molecule has 0 bridgehead atoms. The molecule has 21 heteroatoms. The first kappa shape index (κ1) is 33.3. The van der Waals surface area contributed by atoms with Crippen molar-refractivity contribution >= 4 is 35.9 Å². The lowest BCUT2D eigenvalue weighted by Gasteiger charge is -2.50. The molecule has 0 spiro atoms. The minimum atomic E-state index is -5.39. The van der Waals surface area contributed by atoms with E-state index in [0.717, 1.165) is 17.7 Å². The summed E-state index contributed by atoms with van der Waals surface area (Å²) in [5.41, 5.74) is 4.46. The normalized spacial score (nSPS) is 34.9. The van der Waals surface area contributed by atoms with Crippen LogP contribution in [0.2, 0.25) is 0 Å². The third-order valence-electron chi connectivity index (χ3n) is 6.29. The van der Waals surface area contributed by atoms with E-state index in [1.54, 1.807) is 0 Å². The molecule has 11 atom stereocenters. The fourth-order valence-electron chi connectivity index (χ4n) is 4.30. The molecule has 3 rings (SSSR count). The lowest BCUT2D eigenvalue weighted by molar-refractivity contribution is -0.329. The number of hydrogen-bond acceptors (Lipinski definition) is 18. The van der Waals surface area contributed by atoms with E-state index in [9.17, 15) is 59.6 Å². The molecular weight excluding hydrogens is 599 g/mol. The van der Waals surface area contributed by atoms with Gasteiger partial charge in [-0.25, -0.2) is 4.79 Å². The highest BCUT2D eigenvalue weighted by Crippen LogP contribution is 2.61. The molecule has 2 aliphatic rings. The minimum absolute atomic E-state index is 0.135. The van der Waals surface area contributed by atoms with Gasteiger partial charge in [-0.1, -0.05) is 0 Å². The van der Waals surface area contributed by atoms with Gasteiger partial charge >= 0.3 is 5.69 Å². The number of carboxylic acids is 1. The molecule has 1 unspecified atom stereocenters. The van der Waals surface area contributed by atoms with Crippen LogP contribution in [0.5, 0.6) is 0 Å². The average molecular weight is 629 g/mol. The maximum atomic E-state index is 12.8. The van der Waals surface area contributed by atoms with Crippen molar-refractivity contribution < 1.29 is 68.8 Å². The molecule has 232 valence electrons. The number of amides is 1. The number of nitrogens with zero attached hydrogens (tertiary/aromatic N) is 2. The molecule has 0 radical (unpaired) electrons. The Hall–Kier alpha value is -2.20. The summed E-state index contributed by atoms with van der Waals surface area (Å²) in [5.74, 6) is -3.09. The van der Waals surface area contributed by atoms with E-state index in [0.29, 0.717) is 0 Å². The molecule has 0 aromatic carbocycles. The standard InChI is InChI=1S/C20H31N4O15PS/c1-7(26)22-12-8(27)4-20(18(32)33,39-16(12)13(29)9(28)5-25)41-40(35,36)37-6-10-14(30)15(31)17(38-10)24-3-2-11(21)23-19(24)34/h2-3,8-10,12-17,25,27-31H,4-6H2,1H3,(H,22,26)(H,32,33)(H,35,36)(H2,21,23,34)/p-2/t8-,9+,10+,12+,13+,14+,15+,16+,17+,20+/m0/s1. The van der Waals surface area contributed by atoms with Gasteiger partial charge in [-0.2, -0.15) is 4.98 Å². The van der Waals surface area contributed by atoms with Crippen molar-refractivity contribution in [3.63, 3.8) is 0 Å². The van der Waals surface area contributed by atoms with Crippen LogP contribution in [-0.2, 0) is 28.2 Å². The minimum Gasteiger partial charge on any atom is -0.770 e. The molecule has 41 heavy (non-hydrogen) atoms. The van der Waals surface area contributed by atoms with E-state index >= 15 is 0 Å². The van der Waals surface area contributed by atoms with Crippen molar-refractivity contribution in [2.75, 3.05) is 18.9 Å². The summed E-state index contributed by atoms with van der Waals surface area (Å²) in [6.07, 6.45) is -14.4. The van der Waals surface area contributed by atoms with Crippen LogP contribution in [0.3, 0.4) is 0 Å². The van der Waals surface area contributed by atoms with Crippen molar-refractivity contribution in [2.24, 2.45) is 0 Å². The molecule has 2 fully saturated rings. The number of nitrogen functional groups attached to an aromatic ring is 1. The maximum absolute atomic E-state index is 12.8. The highest BCUT2D eigenvalue weighted by Gasteiger charge is 2.54. The summed E-state index contributed by atoms with van der Waals surface area (Å²) in [6, 6.07) is -0.343. The Labute approximate surface area is 234 Å². The molecule has 1 aromatic rings. The Morgan fingerprint density at radius 1 is 1.37 bits per heavy atom. The first-order valence-corrected chi connectivity index (χ1v) is 14.8. The van der Waals surface area contributed by atoms with Crippen molar-refractivity contribution in [1.82, 2.24) is 14.9 Å². The molecule has 0 saturated carbocycles. The number of carbonyl (C=O) groups excluding carboxylic acids is 2. The summed E-state index contributed by atoms with van der Waals surface area (Å²) >= 11 is -0.483. The molecule has 0 aliphatic carbocycles. The lowest BCUT2D eigenvalue weighted by Crippen LogP contribution is -2.67. The van der Waals surface area contributed by atoms with E-state index in [1.807, 2.05) is 0 Å². The molecule has 3 heterocycles. The SMILES string of the molecule is CC(=O)N[C@H]1[C@H]([C@H](O)[C@H](O)CO)O[C@](SP(=O)([O-])OC[C@H]2O[C@@H](n3ccc(N)nc3=O)[C@H](O)[C@@H]2O)(C(=O)[O-])C[C@@H]1O. The number of nitrogens with one attached hydrogen (secondary N) is 1. The Kier molecular flexibility index (Phi) is 10.5. The molecule has 1 aromatic heterocycles. The number of aliphatic hydroxyl groups is 6. The highest BCUT2D eigenvalue weighted by molar-refractivity contribution is 8.55. The van der Waals surface area contributed by atoms with Gasteiger partial charge in [-0.05, 0) is 17.4 Å². The van der Waals surface area contributed by atoms with Gasteiger partial charge in [0.2, 0.25) is 5.91 Å². The number of hydrogen-bond donors (Lipinski definition) is 8. The number of carbonyl (C=O) groups is 2. The summed E-state index contributed by atoms with van der Waals surface area (Å²) in [7, 11) is 0. The summed E-state index contributed by atoms with van der Waals surface area (Å²) in [4.78, 5) is 49.1. The number of anilines is 1. The fourth-order valence-corrected chi connectivity index (χ4v) is 7.52. The first-order chi connectivity index (χ1) is 19.0. The molecule has 2 saturated heterocycles. The zero-order valence-corrected chi connectivity index (χ0v) is 22.9. The summed E-state index contributed by atoms with van der Waals surface area (Å²) in [6.45, 7) is -6.41. The van der Waals surface area contributed by atoms with E-state index < -0.39 is 115 Å². The zero-order valence-electron chi connectivity index (χ0n) is 21.2. The molecular formula is C20H29N4O15PS-2. The Morgan fingerprint density at radius 3 is 2.59 bits per heavy atom. The number of nitrogens with two attached hydrogens (primary N) is 1. The lowest BCUT2D eigenvalue weighted by atomic mass is 9.90. The van der Waals surface area contributed by atoms with Gasteiger partial charge in [0.25, 0.3) is 0 Å². The predicted molar refractivity (Wildman–Crippen MR) is 130 cm³/mol. The van der Waals surface area contributed by atoms with Crippen LogP contribution in [0.1, 0.15) is 19.6 Å². The summed E-state index contributed by atoms with van der Waals surface area (Å²) < 4.78 is 29.1. The Balaban J connectivity index is 1.79. The molecule has 1 amide bonds. The van der Waals surface area contributed by atoms with E-state index in [2.05, 4.69) is 10.3 Å². The van der Waals surface area contributed by atoms with Gasteiger partial charge in [0.1, 0.15) is 42.4 Å². The zero-order chi connectivity index (χ0) is 30.9. The van der Waals surface area contributed by atoms with Gasteiger partial charge in [0.15, 0.2) is 18.0 Å². The number of aliphatic hydroxyl groups excluding tert-OH is 6. The average Bonchev–Trinajstić information content (AvgIpc) is 3.16. The first-order valence-electron chi connectivity index (χ1n) is 11.9. The van der Waals surface area contributed by atoms with Crippen molar-refractivity contribution in [3.8, 4) is 0 Å². The number of ether oxygens (including phenoxy) is 2. The number of aromatic nitrogens is 2. The van der Waals surface area contributed by atoms with Crippen LogP contribution in [0.25, 0.3) is 0 Å². The van der Waals surface area contributed by atoms with Crippen LogP contribution in [0.15, 0.2) is 17.1 Å². The summed E-state index contributed by atoms with van der Waals surface area (Å²) in [5, 5.41) is 75.0. The topological polar surface area (TPSA) is 319 Å². The van der Waals surface area contributed by atoms with Gasteiger partial charge in [-0.3, -0.25) is 13.9 Å². The Morgan fingerprint density at radius 2 is 2.02 bits per heavy atom. The maximum Gasteiger partial charge on any atom is 0.351 e. The predicted octanol–water partition coefficient (Wildman–Crippen LogP) is -6.52. The molecule has 19 nitrogen and oxygen atoms in total. The third-order valence-corrected chi connectivity index (χ3v) is 9.58. The van der Waals surface area contributed by atoms with Crippen molar-refractivity contribution in [2.45, 2.75) is 73.3 Å². The van der Waals surface area contributed by atoms with E-state index in [4.69, 9.17) is 19.7 Å². The quantitative estimate of drug-likeness (QED) is 0.106. The van der Waals surface area contributed by atoms with Gasteiger partial charge in [0, 0.05) is 19.5 Å². The van der Waals surface area contributed by atoms with E-state index in [1.165, 1.54) is 6.07 Å². The smallest absolute Gasteiger partial charge is 0.351 e. The van der Waals surface area contributed by atoms with Crippen LogP contribution >= 0.6 is 18.2 Å². The number of aliphatic carboxylic acids is 1. The van der Waals surface area contributed by atoms with E-state index in [-0.39, 0.29) is 5.82 Å². The van der Waals surface area contributed by atoms with Crippen LogP contribution in [-0.4, -0.2) is 119 Å². The second-order valence-electron chi connectivity index (χ2n) is 9.28. The van der Waals surface area contributed by atoms with Crippen LogP contribution in [0, 0.1) is 0 Å². The fraction of sp³-hybridized carbons (Fsp3) is 0.700. The van der Waals surface area contributed by atoms with Gasteiger partial charge in [-0.15, -0.1) is 0 Å². The second kappa shape index (κ2) is 13.0. The number of rotatable bonds is 11. The second-order valence-corrected chi connectivity index (χ2v) is 13.2. The van der Waals surface area contributed by atoms with Gasteiger partial charge < -0.3 is 70.5 Å². The van der Waals surface area contributed by atoms with Crippen molar-refractivity contribution in [3.05, 3.63) is 22.7 Å². The Bertz CT molecular complexity index is 1220. The largest absolute Gasteiger partial charge is 0.770 e. The highest BCUT2D eigenvalue weighted by atomic mass is 32.7. The molecule has 9 N–H and O–H groups in total. The van der Waals surface area contributed by atoms with Gasteiger partial charge in [0.05, 0.1) is 31.3 Å².